The second-order valence-corrected chi connectivity index (χ2v) is 8.56. The third kappa shape index (κ3) is 4.61. The predicted molar refractivity (Wildman–Crippen MR) is 102 cm³/mol. The molecule has 1 N–H and O–H groups in total. The maximum Gasteiger partial charge on any atom is 0.271 e. The molecule has 0 aliphatic heterocycles. The van der Waals surface area contributed by atoms with Crippen LogP contribution < -0.4 is 9.46 Å². The fraction of sp³-hybridized carbons (Fsp3) is 0.158. The van der Waals surface area contributed by atoms with E-state index in [9.17, 15) is 8.42 Å². The summed E-state index contributed by atoms with van der Waals surface area (Å²) in [5.41, 5.74) is 1.59. The van der Waals surface area contributed by atoms with E-state index in [4.69, 9.17) is 4.74 Å². The minimum atomic E-state index is -3.54. The molecule has 0 radical (unpaired) electrons. The Morgan fingerprint density at radius 2 is 1.68 bits per heavy atom. The number of rotatable bonds is 7. The van der Waals surface area contributed by atoms with Crippen LogP contribution in [0.2, 0.25) is 0 Å². The van der Waals surface area contributed by atoms with Crippen molar-refractivity contribution >= 4 is 27.0 Å². The van der Waals surface area contributed by atoms with Crippen molar-refractivity contribution < 1.29 is 13.2 Å². The van der Waals surface area contributed by atoms with Gasteiger partial charge in [-0.1, -0.05) is 37.3 Å². The van der Waals surface area contributed by atoms with E-state index in [0.29, 0.717) is 22.3 Å². The van der Waals surface area contributed by atoms with Gasteiger partial charge >= 0.3 is 0 Å². The van der Waals surface area contributed by atoms with Crippen molar-refractivity contribution in [1.82, 2.24) is 0 Å². The summed E-state index contributed by atoms with van der Waals surface area (Å²) in [6.45, 7) is 2.48. The molecule has 0 saturated heterocycles. The van der Waals surface area contributed by atoms with Crippen LogP contribution in [0, 0.1) is 0 Å². The fourth-order valence-corrected chi connectivity index (χ4v) is 4.61. The molecule has 0 atom stereocenters. The van der Waals surface area contributed by atoms with Gasteiger partial charge in [0.25, 0.3) is 10.0 Å². The highest BCUT2D eigenvalue weighted by molar-refractivity contribution is 7.94. The van der Waals surface area contributed by atoms with Crippen LogP contribution in [0.4, 0.5) is 5.69 Å². The molecule has 4 nitrogen and oxygen atoms in total. The molecule has 3 aromatic rings. The monoisotopic (exact) mass is 373 g/mol. The van der Waals surface area contributed by atoms with Gasteiger partial charge in [-0.25, -0.2) is 8.42 Å². The zero-order valence-electron chi connectivity index (χ0n) is 13.8. The van der Waals surface area contributed by atoms with Gasteiger partial charge in [0.15, 0.2) is 0 Å². The van der Waals surface area contributed by atoms with Crippen molar-refractivity contribution in [3.8, 4) is 5.75 Å². The van der Waals surface area contributed by atoms with E-state index in [2.05, 4.69) is 4.72 Å². The van der Waals surface area contributed by atoms with E-state index in [1.807, 2.05) is 43.3 Å². The molecule has 1 heterocycles. The van der Waals surface area contributed by atoms with Gasteiger partial charge in [-0.15, -0.1) is 11.3 Å². The lowest BCUT2D eigenvalue weighted by Gasteiger charge is -2.09. The van der Waals surface area contributed by atoms with Crippen molar-refractivity contribution in [2.45, 2.75) is 24.2 Å². The fourth-order valence-electron chi connectivity index (χ4n) is 2.26. The highest BCUT2D eigenvalue weighted by Gasteiger charge is 2.16. The van der Waals surface area contributed by atoms with Crippen molar-refractivity contribution in [3.05, 3.63) is 77.2 Å². The molecule has 0 saturated carbocycles. The number of nitrogens with one attached hydrogen (secondary N) is 1. The molecular weight excluding hydrogens is 354 g/mol. The van der Waals surface area contributed by atoms with Gasteiger partial charge in [0.1, 0.15) is 16.6 Å². The number of hydrogen-bond donors (Lipinski definition) is 1. The maximum atomic E-state index is 12.4. The van der Waals surface area contributed by atoms with Gasteiger partial charge in [-0.3, -0.25) is 4.72 Å². The van der Waals surface area contributed by atoms with Crippen LogP contribution in [0.1, 0.15) is 17.4 Å². The lowest BCUT2D eigenvalue weighted by Crippen LogP contribution is -2.11. The number of hydrogen-bond acceptors (Lipinski definition) is 4. The standard InChI is InChI=1S/C19H19NO3S2/c1-2-18-12-13-19(24-18)25(21,22)20-16-8-10-17(11-9-16)23-14-15-6-4-3-5-7-15/h3-13,20H,2,14H2,1H3. The largest absolute Gasteiger partial charge is 0.489 e. The molecule has 25 heavy (non-hydrogen) atoms. The SMILES string of the molecule is CCc1ccc(S(=O)(=O)Nc2ccc(OCc3ccccc3)cc2)s1. The number of anilines is 1. The minimum absolute atomic E-state index is 0.328. The Kier molecular flexibility index (Phi) is 5.40. The Bertz CT molecular complexity index is 917. The number of benzene rings is 2. The van der Waals surface area contributed by atoms with Crippen LogP contribution in [0.25, 0.3) is 0 Å². The topological polar surface area (TPSA) is 55.4 Å². The molecule has 0 bridgehead atoms. The summed E-state index contributed by atoms with van der Waals surface area (Å²) < 4.78 is 33.4. The average molecular weight is 373 g/mol. The quantitative estimate of drug-likeness (QED) is 0.654. The van der Waals surface area contributed by atoms with Crippen LogP contribution >= 0.6 is 11.3 Å². The Labute approximate surface area is 152 Å². The highest BCUT2D eigenvalue weighted by Crippen LogP contribution is 2.25. The third-order valence-corrected chi connectivity index (χ3v) is 6.71. The van der Waals surface area contributed by atoms with Crippen LogP contribution in [0.15, 0.2) is 70.9 Å². The first-order valence-electron chi connectivity index (χ1n) is 7.95. The highest BCUT2D eigenvalue weighted by atomic mass is 32.2. The van der Waals surface area contributed by atoms with Gasteiger partial charge in [-0.05, 0) is 48.4 Å². The summed E-state index contributed by atoms with van der Waals surface area (Å²) >= 11 is 1.29. The minimum Gasteiger partial charge on any atom is -0.489 e. The van der Waals surface area contributed by atoms with Crippen molar-refractivity contribution in [3.63, 3.8) is 0 Å². The number of aryl methyl sites for hydroxylation is 1. The van der Waals surface area contributed by atoms with E-state index in [-0.39, 0.29) is 0 Å². The van der Waals surface area contributed by atoms with Crippen molar-refractivity contribution in [2.24, 2.45) is 0 Å². The molecule has 3 rings (SSSR count). The second-order valence-electron chi connectivity index (χ2n) is 5.48. The zero-order chi connectivity index (χ0) is 17.7. The summed E-state index contributed by atoms with van der Waals surface area (Å²) in [5, 5.41) is 0. The van der Waals surface area contributed by atoms with E-state index in [1.54, 1.807) is 30.3 Å². The number of ether oxygens (including phenoxy) is 1. The zero-order valence-corrected chi connectivity index (χ0v) is 15.4. The molecule has 0 amide bonds. The number of thiophene rings is 1. The number of sulfonamides is 1. The summed E-state index contributed by atoms with van der Waals surface area (Å²) in [7, 11) is -3.54. The molecule has 6 heteroatoms. The molecule has 130 valence electrons. The molecular formula is C19H19NO3S2. The first-order valence-corrected chi connectivity index (χ1v) is 10.2. The first-order chi connectivity index (χ1) is 12.1. The molecule has 2 aromatic carbocycles. The Balaban J connectivity index is 1.64. The Morgan fingerprint density at radius 1 is 0.960 bits per heavy atom. The van der Waals surface area contributed by atoms with E-state index >= 15 is 0 Å². The summed E-state index contributed by atoms with van der Waals surface area (Å²) in [5.74, 6) is 0.691. The second kappa shape index (κ2) is 7.72. The molecule has 0 aliphatic carbocycles. The predicted octanol–water partition coefficient (Wildman–Crippen LogP) is 4.69. The van der Waals surface area contributed by atoms with E-state index in [1.165, 1.54) is 11.3 Å². The van der Waals surface area contributed by atoms with Gasteiger partial charge in [0, 0.05) is 10.6 Å². The smallest absolute Gasteiger partial charge is 0.271 e. The van der Waals surface area contributed by atoms with Crippen LogP contribution in [-0.2, 0) is 23.1 Å². The van der Waals surface area contributed by atoms with Crippen molar-refractivity contribution in [2.75, 3.05) is 4.72 Å². The first kappa shape index (κ1) is 17.5. The van der Waals surface area contributed by atoms with E-state index < -0.39 is 10.0 Å². The van der Waals surface area contributed by atoms with Gasteiger partial charge in [0.2, 0.25) is 0 Å². The lowest BCUT2D eigenvalue weighted by atomic mass is 10.2. The molecule has 0 unspecified atom stereocenters. The Morgan fingerprint density at radius 3 is 2.32 bits per heavy atom. The van der Waals surface area contributed by atoms with Crippen LogP contribution in [0.5, 0.6) is 5.75 Å². The maximum absolute atomic E-state index is 12.4. The van der Waals surface area contributed by atoms with Gasteiger partial charge in [-0.2, -0.15) is 0 Å². The normalized spacial score (nSPS) is 11.2. The van der Waals surface area contributed by atoms with E-state index in [0.717, 1.165) is 16.9 Å². The van der Waals surface area contributed by atoms with Gasteiger partial charge in [0.05, 0.1) is 0 Å². The molecule has 0 fully saturated rings. The Hall–Kier alpha value is -2.31. The summed E-state index contributed by atoms with van der Waals surface area (Å²) in [6.07, 6.45) is 0.827. The molecule has 0 spiro atoms. The van der Waals surface area contributed by atoms with Crippen LogP contribution in [-0.4, -0.2) is 8.42 Å². The average Bonchev–Trinajstić information content (AvgIpc) is 3.12. The summed E-state index contributed by atoms with van der Waals surface area (Å²) in [4.78, 5) is 1.05. The summed E-state index contributed by atoms with van der Waals surface area (Å²) in [6, 6.07) is 20.3. The third-order valence-electron chi connectivity index (χ3n) is 3.61. The lowest BCUT2D eigenvalue weighted by molar-refractivity contribution is 0.306. The van der Waals surface area contributed by atoms with Crippen molar-refractivity contribution in [1.29, 1.82) is 0 Å². The van der Waals surface area contributed by atoms with Gasteiger partial charge < -0.3 is 4.74 Å². The van der Waals surface area contributed by atoms with Crippen LogP contribution in [0.3, 0.4) is 0 Å². The molecule has 1 aromatic heterocycles. The molecule has 0 aliphatic rings.